The van der Waals surface area contributed by atoms with Gasteiger partial charge in [0.1, 0.15) is 0 Å². The van der Waals surface area contributed by atoms with Crippen molar-refractivity contribution in [3.8, 4) is 0 Å². The summed E-state index contributed by atoms with van der Waals surface area (Å²) in [6.07, 6.45) is 0.341. The SMILES string of the molecule is Cc1ccc(C2(c3ccc(C)cc3)CC3=C(O2)C(=O)c2ccccc2C3=O)cc1. The molecule has 0 amide bonds. The number of fused-ring (bicyclic) bond motifs is 1. The van der Waals surface area contributed by atoms with Gasteiger partial charge in [-0.3, -0.25) is 9.59 Å². The van der Waals surface area contributed by atoms with Gasteiger partial charge in [-0.2, -0.15) is 0 Å². The van der Waals surface area contributed by atoms with Crippen LogP contribution in [0.5, 0.6) is 0 Å². The fourth-order valence-corrected chi connectivity index (χ4v) is 4.27. The molecule has 0 aromatic heterocycles. The molecule has 29 heavy (non-hydrogen) atoms. The van der Waals surface area contributed by atoms with Crippen LogP contribution in [-0.4, -0.2) is 11.6 Å². The van der Waals surface area contributed by atoms with E-state index in [1.165, 1.54) is 0 Å². The van der Waals surface area contributed by atoms with E-state index >= 15 is 0 Å². The molecule has 0 fully saturated rings. The molecule has 5 rings (SSSR count). The van der Waals surface area contributed by atoms with Crippen LogP contribution in [0.2, 0.25) is 0 Å². The van der Waals surface area contributed by atoms with Gasteiger partial charge in [0.15, 0.2) is 17.1 Å². The van der Waals surface area contributed by atoms with E-state index in [-0.39, 0.29) is 17.3 Å². The largest absolute Gasteiger partial charge is 0.473 e. The number of aryl methyl sites for hydroxylation is 2. The summed E-state index contributed by atoms with van der Waals surface area (Å²) in [5.41, 5.74) is 4.61. The lowest BCUT2D eigenvalue weighted by molar-refractivity contribution is 0.0508. The maximum absolute atomic E-state index is 13.2. The van der Waals surface area contributed by atoms with Gasteiger partial charge in [0, 0.05) is 28.7 Å². The van der Waals surface area contributed by atoms with E-state index in [0.717, 1.165) is 22.3 Å². The molecule has 3 aromatic rings. The van der Waals surface area contributed by atoms with Gasteiger partial charge in [0.25, 0.3) is 0 Å². The number of Topliss-reactive ketones (excluding diaryl/α,β-unsaturated/α-hetero) is 2. The van der Waals surface area contributed by atoms with E-state index in [9.17, 15) is 9.59 Å². The van der Waals surface area contributed by atoms with Crippen LogP contribution in [0.1, 0.15) is 49.4 Å². The number of carbonyl (C=O) groups excluding carboxylic acids is 2. The molecule has 3 nitrogen and oxygen atoms in total. The second-order valence-electron chi connectivity index (χ2n) is 7.85. The van der Waals surface area contributed by atoms with Crippen molar-refractivity contribution in [2.75, 3.05) is 0 Å². The van der Waals surface area contributed by atoms with Gasteiger partial charge in [-0.25, -0.2) is 0 Å². The van der Waals surface area contributed by atoms with E-state index in [4.69, 9.17) is 4.74 Å². The molecule has 0 N–H and O–H groups in total. The van der Waals surface area contributed by atoms with Gasteiger partial charge in [-0.05, 0) is 13.8 Å². The Morgan fingerprint density at radius 2 is 1.17 bits per heavy atom. The fraction of sp³-hybridized carbons (Fsp3) is 0.154. The molecule has 0 unspecified atom stereocenters. The van der Waals surface area contributed by atoms with E-state index in [0.29, 0.717) is 23.1 Å². The maximum atomic E-state index is 13.2. The molecule has 3 heteroatoms. The van der Waals surface area contributed by atoms with Crippen LogP contribution in [0.4, 0.5) is 0 Å². The Morgan fingerprint density at radius 3 is 1.69 bits per heavy atom. The average molecular weight is 380 g/mol. The minimum atomic E-state index is -0.889. The summed E-state index contributed by atoms with van der Waals surface area (Å²) in [4.78, 5) is 26.4. The van der Waals surface area contributed by atoms with Gasteiger partial charge in [-0.1, -0.05) is 83.9 Å². The van der Waals surface area contributed by atoms with Crippen LogP contribution in [-0.2, 0) is 10.3 Å². The zero-order valence-electron chi connectivity index (χ0n) is 16.4. The highest BCUT2D eigenvalue weighted by Gasteiger charge is 2.50. The second-order valence-corrected chi connectivity index (χ2v) is 7.85. The normalized spacial score (nSPS) is 17.0. The summed E-state index contributed by atoms with van der Waals surface area (Å²) in [5.74, 6) is -0.137. The molecular weight excluding hydrogens is 360 g/mol. The third kappa shape index (κ3) is 2.58. The molecule has 0 radical (unpaired) electrons. The van der Waals surface area contributed by atoms with Crippen molar-refractivity contribution in [1.29, 1.82) is 0 Å². The van der Waals surface area contributed by atoms with Crippen LogP contribution in [0.3, 0.4) is 0 Å². The molecule has 1 aliphatic carbocycles. The summed E-state index contributed by atoms with van der Waals surface area (Å²) >= 11 is 0. The van der Waals surface area contributed by atoms with Crippen molar-refractivity contribution in [2.45, 2.75) is 25.9 Å². The molecule has 1 aliphatic heterocycles. The van der Waals surface area contributed by atoms with Crippen LogP contribution in [0.25, 0.3) is 0 Å². The lowest BCUT2D eigenvalue weighted by Crippen LogP contribution is -2.28. The maximum Gasteiger partial charge on any atom is 0.228 e. The van der Waals surface area contributed by atoms with Crippen molar-refractivity contribution >= 4 is 11.6 Å². The number of carbonyl (C=O) groups is 2. The Morgan fingerprint density at radius 1 is 0.690 bits per heavy atom. The van der Waals surface area contributed by atoms with Crippen molar-refractivity contribution in [1.82, 2.24) is 0 Å². The number of ether oxygens (including phenoxy) is 1. The van der Waals surface area contributed by atoms with Crippen molar-refractivity contribution in [3.63, 3.8) is 0 Å². The zero-order chi connectivity index (χ0) is 20.2. The Balaban J connectivity index is 1.68. The first-order valence-electron chi connectivity index (χ1n) is 9.74. The molecule has 0 atom stereocenters. The van der Waals surface area contributed by atoms with Crippen molar-refractivity contribution < 1.29 is 14.3 Å². The Kier molecular flexibility index (Phi) is 3.82. The van der Waals surface area contributed by atoms with Gasteiger partial charge in [0.05, 0.1) is 5.57 Å². The summed E-state index contributed by atoms with van der Waals surface area (Å²) in [5, 5.41) is 0. The highest BCUT2D eigenvalue weighted by Crippen LogP contribution is 2.50. The van der Waals surface area contributed by atoms with Crippen molar-refractivity contribution in [2.24, 2.45) is 0 Å². The Bertz CT molecular complexity index is 1090. The first-order chi connectivity index (χ1) is 14.0. The van der Waals surface area contributed by atoms with Gasteiger partial charge in [0.2, 0.25) is 5.78 Å². The summed E-state index contributed by atoms with van der Waals surface area (Å²) in [6.45, 7) is 4.07. The standard InChI is InChI=1S/C26H20O3/c1-16-7-11-18(12-8-16)26(19-13-9-17(2)10-14-19)15-22-23(27)20-5-3-4-6-21(20)24(28)25(22)29-26/h3-14H,15H2,1-2H3. The molecular formula is C26H20O3. The average Bonchev–Trinajstić information content (AvgIpc) is 3.15. The Hall–Kier alpha value is -3.46. The Labute approximate surface area is 169 Å². The van der Waals surface area contributed by atoms with Crippen LogP contribution < -0.4 is 0 Å². The molecule has 0 saturated heterocycles. The third-order valence-electron chi connectivity index (χ3n) is 5.91. The molecule has 0 bridgehead atoms. The highest BCUT2D eigenvalue weighted by atomic mass is 16.5. The summed E-state index contributed by atoms with van der Waals surface area (Å²) < 4.78 is 6.45. The van der Waals surface area contributed by atoms with E-state index < -0.39 is 5.60 Å². The molecule has 0 saturated carbocycles. The minimum Gasteiger partial charge on any atom is -0.473 e. The molecule has 0 spiro atoms. The number of hydrogen-bond acceptors (Lipinski definition) is 3. The summed E-state index contributed by atoms with van der Waals surface area (Å²) in [6, 6.07) is 23.2. The predicted octanol–water partition coefficient (Wildman–Crippen LogP) is 5.30. The van der Waals surface area contributed by atoms with E-state index in [1.807, 2.05) is 62.4 Å². The smallest absolute Gasteiger partial charge is 0.228 e. The minimum absolute atomic E-state index is 0.115. The number of rotatable bonds is 2. The van der Waals surface area contributed by atoms with E-state index in [2.05, 4.69) is 0 Å². The molecule has 142 valence electrons. The highest BCUT2D eigenvalue weighted by molar-refractivity contribution is 6.26. The first kappa shape index (κ1) is 17.6. The predicted molar refractivity (Wildman–Crippen MR) is 111 cm³/mol. The monoisotopic (exact) mass is 380 g/mol. The van der Waals surface area contributed by atoms with Gasteiger partial charge >= 0.3 is 0 Å². The van der Waals surface area contributed by atoms with Crippen LogP contribution >= 0.6 is 0 Å². The quantitative estimate of drug-likeness (QED) is 0.606. The van der Waals surface area contributed by atoms with Crippen LogP contribution in [0, 0.1) is 13.8 Å². The van der Waals surface area contributed by atoms with Gasteiger partial charge < -0.3 is 4.74 Å². The first-order valence-corrected chi connectivity index (χ1v) is 9.74. The number of ketones is 2. The number of allylic oxidation sites excluding steroid dienone is 1. The lowest BCUT2D eigenvalue weighted by Gasteiger charge is -2.31. The number of benzene rings is 3. The fourth-order valence-electron chi connectivity index (χ4n) is 4.27. The lowest BCUT2D eigenvalue weighted by atomic mass is 9.79. The second kappa shape index (κ2) is 6.28. The molecule has 2 aliphatic rings. The van der Waals surface area contributed by atoms with E-state index in [1.54, 1.807) is 24.3 Å². The van der Waals surface area contributed by atoms with Crippen LogP contribution in [0.15, 0.2) is 84.1 Å². The topological polar surface area (TPSA) is 43.4 Å². The molecule has 3 aromatic carbocycles. The van der Waals surface area contributed by atoms with Gasteiger partial charge in [-0.15, -0.1) is 0 Å². The summed E-state index contributed by atoms with van der Waals surface area (Å²) in [7, 11) is 0. The van der Waals surface area contributed by atoms with Crippen molar-refractivity contribution in [3.05, 3.63) is 118 Å². The molecule has 1 heterocycles. The number of hydrogen-bond donors (Lipinski definition) is 0. The third-order valence-corrected chi connectivity index (χ3v) is 5.91. The zero-order valence-corrected chi connectivity index (χ0v) is 16.4.